The Morgan fingerprint density at radius 2 is 1.75 bits per heavy atom. The minimum absolute atomic E-state index is 0.0303. The van der Waals surface area contributed by atoms with Gasteiger partial charge in [-0.05, 0) is 37.1 Å². The monoisotopic (exact) mass is 291 g/mol. The van der Waals surface area contributed by atoms with E-state index in [-0.39, 0.29) is 15.5 Å². The number of nitro benzene ring substituents is 1. The van der Waals surface area contributed by atoms with Gasteiger partial charge in [0.15, 0.2) is 0 Å². The predicted molar refractivity (Wildman–Crippen MR) is 74.5 cm³/mol. The molecule has 20 heavy (non-hydrogen) atoms. The molecule has 0 fully saturated rings. The average molecular weight is 291 g/mol. The Kier molecular flexibility index (Phi) is 3.59. The summed E-state index contributed by atoms with van der Waals surface area (Å²) in [5.74, 6) is 0. The second-order valence-corrected chi connectivity index (χ2v) is 6.44. The number of non-ortho nitro benzene ring substituents is 1. The summed E-state index contributed by atoms with van der Waals surface area (Å²) in [6.45, 7) is 3.41. The number of hydrogen-bond acceptors (Lipinski definition) is 4. The molecule has 6 heteroatoms. The maximum Gasteiger partial charge on any atom is 0.270 e. The van der Waals surface area contributed by atoms with Crippen LogP contribution in [-0.4, -0.2) is 13.3 Å². The van der Waals surface area contributed by atoms with E-state index in [4.69, 9.17) is 0 Å². The fourth-order valence-corrected chi connectivity index (χ4v) is 3.52. The normalized spacial score (nSPS) is 11.3. The van der Waals surface area contributed by atoms with E-state index >= 15 is 0 Å². The fraction of sp³-hybridized carbons (Fsp3) is 0.143. The third-order valence-electron chi connectivity index (χ3n) is 2.97. The highest BCUT2D eigenvalue weighted by atomic mass is 32.2. The molecule has 0 aromatic heterocycles. The third-order valence-corrected chi connectivity index (χ3v) is 4.87. The van der Waals surface area contributed by atoms with Crippen LogP contribution in [0.4, 0.5) is 5.69 Å². The van der Waals surface area contributed by atoms with Crippen molar-refractivity contribution < 1.29 is 13.3 Å². The Labute approximate surface area is 116 Å². The van der Waals surface area contributed by atoms with Gasteiger partial charge in [0.25, 0.3) is 5.69 Å². The molecule has 0 saturated heterocycles. The van der Waals surface area contributed by atoms with Crippen molar-refractivity contribution in [1.29, 1.82) is 0 Å². The van der Waals surface area contributed by atoms with Crippen LogP contribution in [0.15, 0.2) is 52.3 Å². The molecule has 0 aliphatic heterocycles. The van der Waals surface area contributed by atoms with Crippen LogP contribution in [0.2, 0.25) is 0 Å². The van der Waals surface area contributed by atoms with Crippen LogP contribution in [0.25, 0.3) is 0 Å². The quantitative estimate of drug-likeness (QED) is 0.643. The summed E-state index contributed by atoms with van der Waals surface area (Å²) in [4.78, 5) is 10.3. The van der Waals surface area contributed by atoms with E-state index in [2.05, 4.69) is 0 Å². The first kappa shape index (κ1) is 14.2. The molecule has 5 nitrogen and oxygen atoms in total. The Morgan fingerprint density at radius 1 is 1.05 bits per heavy atom. The molecule has 2 rings (SSSR count). The Hall–Kier alpha value is -2.21. The average Bonchev–Trinajstić information content (AvgIpc) is 2.38. The topological polar surface area (TPSA) is 77.3 Å². The lowest BCUT2D eigenvalue weighted by atomic mass is 10.2. The van der Waals surface area contributed by atoms with Gasteiger partial charge in [0.05, 0.1) is 14.7 Å². The molecule has 0 atom stereocenters. The van der Waals surface area contributed by atoms with Crippen molar-refractivity contribution in [3.63, 3.8) is 0 Å². The van der Waals surface area contributed by atoms with Crippen LogP contribution >= 0.6 is 0 Å². The number of sulfone groups is 1. The third kappa shape index (κ3) is 2.55. The fourth-order valence-electron chi connectivity index (χ4n) is 1.90. The van der Waals surface area contributed by atoms with Gasteiger partial charge in [0.1, 0.15) is 0 Å². The van der Waals surface area contributed by atoms with Crippen molar-refractivity contribution in [3.8, 4) is 0 Å². The summed E-state index contributed by atoms with van der Waals surface area (Å²) in [6, 6.07) is 10.3. The van der Waals surface area contributed by atoms with E-state index in [1.807, 2.05) is 0 Å². The molecule has 0 aliphatic carbocycles. The SMILES string of the molecule is Cc1cccc(S(=O)(=O)c2cc([N+](=O)[O-])ccc2C)c1. The number of hydrogen-bond donors (Lipinski definition) is 0. The molecular weight excluding hydrogens is 278 g/mol. The van der Waals surface area contributed by atoms with Gasteiger partial charge >= 0.3 is 0 Å². The van der Waals surface area contributed by atoms with E-state index in [1.165, 1.54) is 18.2 Å². The van der Waals surface area contributed by atoms with Crippen LogP contribution in [0.3, 0.4) is 0 Å². The Balaban J connectivity index is 2.66. The van der Waals surface area contributed by atoms with E-state index in [0.717, 1.165) is 11.6 Å². The van der Waals surface area contributed by atoms with Gasteiger partial charge < -0.3 is 0 Å². The molecule has 104 valence electrons. The van der Waals surface area contributed by atoms with Gasteiger partial charge in [-0.2, -0.15) is 0 Å². The summed E-state index contributed by atoms with van der Waals surface area (Å²) in [7, 11) is -3.75. The lowest BCUT2D eigenvalue weighted by Crippen LogP contribution is -2.05. The van der Waals surface area contributed by atoms with Gasteiger partial charge in [0, 0.05) is 12.1 Å². The van der Waals surface area contributed by atoms with Gasteiger partial charge in [-0.1, -0.05) is 18.2 Å². The van der Waals surface area contributed by atoms with Crippen molar-refractivity contribution in [1.82, 2.24) is 0 Å². The van der Waals surface area contributed by atoms with E-state index < -0.39 is 14.8 Å². The van der Waals surface area contributed by atoms with Crippen LogP contribution in [0, 0.1) is 24.0 Å². The molecule has 0 radical (unpaired) electrons. The van der Waals surface area contributed by atoms with Crippen LogP contribution in [0.5, 0.6) is 0 Å². The minimum atomic E-state index is -3.75. The highest BCUT2D eigenvalue weighted by Gasteiger charge is 2.22. The lowest BCUT2D eigenvalue weighted by Gasteiger charge is -2.08. The molecule has 0 spiro atoms. The van der Waals surface area contributed by atoms with Crippen molar-refractivity contribution in [2.75, 3.05) is 0 Å². The second kappa shape index (κ2) is 5.05. The van der Waals surface area contributed by atoms with Crippen LogP contribution in [0.1, 0.15) is 11.1 Å². The summed E-state index contributed by atoms with van der Waals surface area (Å²) in [5.41, 5.74) is 1.06. The molecule has 0 bridgehead atoms. The summed E-state index contributed by atoms with van der Waals surface area (Å²) < 4.78 is 25.1. The number of aryl methyl sites for hydroxylation is 2. The summed E-state index contributed by atoms with van der Waals surface area (Å²) in [6.07, 6.45) is 0. The van der Waals surface area contributed by atoms with E-state index in [0.29, 0.717) is 5.56 Å². The molecule has 0 saturated carbocycles. The van der Waals surface area contributed by atoms with Gasteiger partial charge in [-0.15, -0.1) is 0 Å². The van der Waals surface area contributed by atoms with Crippen molar-refractivity contribution >= 4 is 15.5 Å². The summed E-state index contributed by atoms with van der Waals surface area (Å²) in [5, 5.41) is 10.8. The number of nitro groups is 1. The highest BCUT2D eigenvalue weighted by Crippen LogP contribution is 2.27. The molecule has 2 aromatic carbocycles. The lowest BCUT2D eigenvalue weighted by molar-refractivity contribution is -0.385. The van der Waals surface area contributed by atoms with Crippen molar-refractivity contribution in [3.05, 3.63) is 63.7 Å². The van der Waals surface area contributed by atoms with Gasteiger partial charge in [-0.25, -0.2) is 8.42 Å². The zero-order valence-electron chi connectivity index (χ0n) is 11.0. The van der Waals surface area contributed by atoms with Gasteiger partial charge in [-0.3, -0.25) is 10.1 Å². The molecule has 2 aromatic rings. The van der Waals surface area contributed by atoms with E-state index in [1.54, 1.807) is 32.0 Å². The first-order chi connectivity index (χ1) is 9.32. The molecular formula is C14H13NO4S. The maximum atomic E-state index is 12.6. The largest absolute Gasteiger partial charge is 0.270 e. The van der Waals surface area contributed by atoms with Gasteiger partial charge in [0.2, 0.25) is 9.84 Å². The van der Waals surface area contributed by atoms with Crippen molar-refractivity contribution in [2.24, 2.45) is 0 Å². The zero-order chi connectivity index (χ0) is 14.9. The predicted octanol–water partition coefficient (Wildman–Crippen LogP) is 3.04. The molecule has 0 N–H and O–H groups in total. The first-order valence-electron chi connectivity index (χ1n) is 5.89. The molecule has 0 heterocycles. The second-order valence-electron chi connectivity index (χ2n) is 4.53. The molecule has 0 unspecified atom stereocenters. The zero-order valence-corrected chi connectivity index (χ0v) is 11.8. The van der Waals surface area contributed by atoms with Crippen LogP contribution in [-0.2, 0) is 9.84 Å². The molecule has 0 aliphatic rings. The van der Waals surface area contributed by atoms with E-state index in [9.17, 15) is 18.5 Å². The summed E-state index contributed by atoms with van der Waals surface area (Å²) >= 11 is 0. The molecule has 0 amide bonds. The number of benzene rings is 2. The Morgan fingerprint density at radius 3 is 2.35 bits per heavy atom. The van der Waals surface area contributed by atoms with Crippen molar-refractivity contribution in [2.45, 2.75) is 23.6 Å². The number of nitrogens with zero attached hydrogens (tertiary/aromatic N) is 1. The minimum Gasteiger partial charge on any atom is -0.258 e. The van der Waals surface area contributed by atoms with Crippen LogP contribution < -0.4 is 0 Å². The maximum absolute atomic E-state index is 12.6. The first-order valence-corrected chi connectivity index (χ1v) is 7.37. The highest BCUT2D eigenvalue weighted by molar-refractivity contribution is 7.91. The Bertz CT molecular complexity index is 782. The smallest absolute Gasteiger partial charge is 0.258 e. The standard InChI is InChI=1S/C14H13NO4S/c1-10-4-3-5-13(8-10)20(18,19)14-9-12(15(16)17)7-6-11(14)2/h3-9H,1-2H3. The number of rotatable bonds is 3.